The Morgan fingerprint density at radius 2 is 1.07 bits per heavy atom. The number of rotatable bonds is 2. The number of pyridine rings is 1. The Hall–Kier alpha value is -5.87. The van der Waals surface area contributed by atoms with Gasteiger partial charge in [-0.3, -0.25) is 4.57 Å². The number of hydrogen-bond donors (Lipinski definition) is 0. The third kappa shape index (κ3) is 3.07. The maximum absolute atomic E-state index is 6.30. The van der Waals surface area contributed by atoms with Gasteiger partial charge in [-0.15, -0.1) is 0 Å². The normalized spacial score (nSPS) is 12.2. The van der Waals surface area contributed by atoms with E-state index in [4.69, 9.17) is 9.40 Å². The summed E-state index contributed by atoms with van der Waals surface area (Å²) in [6, 6.07) is 49.3. The van der Waals surface area contributed by atoms with Crippen LogP contribution in [0.15, 0.2) is 144 Å². The Bertz CT molecular complexity index is 2740. The van der Waals surface area contributed by atoms with Gasteiger partial charge in [0.15, 0.2) is 0 Å². The molecule has 0 saturated carbocycles. The van der Waals surface area contributed by atoms with E-state index in [1.165, 1.54) is 32.6 Å². The van der Waals surface area contributed by atoms with Crippen molar-refractivity contribution in [2.45, 2.75) is 0 Å². The molecule has 4 nitrogen and oxygen atoms in total. The van der Waals surface area contributed by atoms with Gasteiger partial charge in [0.05, 0.1) is 27.6 Å². The fourth-order valence-electron chi connectivity index (χ4n) is 7.08. The van der Waals surface area contributed by atoms with Crippen LogP contribution in [-0.2, 0) is 0 Å². The third-order valence-electron chi connectivity index (χ3n) is 8.91. The van der Waals surface area contributed by atoms with Gasteiger partial charge >= 0.3 is 0 Å². The van der Waals surface area contributed by atoms with Gasteiger partial charge in [-0.1, -0.05) is 72.8 Å². The summed E-state index contributed by atoms with van der Waals surface area (Å²) in [7, 11) is 0. The molecule has 0 amide bonds. The Balaban J connectivity index is 1.32. The smallest absolute Gasteiger partial charge is 0.138 e. The minimum atomic E-state index is 0.893. The van der Waals surface area contributed by atoms with Crippen molar-refractivity contribution < 1.29 is 4.42 Å². The zero-order valence-electron chi connectivity index (χ0n) is 23.0. The molecule has 4 aromatic heterocycles. The minimum absolute atomic E-state index is 0.893. The van der Waals surface area contributed by atoms with Crippen LogP contribution in [-0.4, -0.2) is 14.1 Å². The molecule has 0 aliphatic carbocycles. The zero-order valence-corrected chi connectivity index (χ0v) is 23.0. The lowest BCUT2D eigenvalue weighted by molar-refractivity contribution is 0.668. The molecule has 0 spiro atoms. The Labute approximate surface area is 245 Å². The van der Waals surface area contributed by atoms with Crippen LogP contribution in [0.1, 0.15) is 0 Å². The first-order valence-corrected chi connectivity index (χ1v) is 14.6. The molecule has 43 heavy (non-hydrogen) atoms. The number of nitrogens with zero attached hydrogens (tertiary/aromatic N) is 3. The molecular formula is C39H23N3O. The summed E-state index contributed by atoms with van der Waals surface area (Å²) in [6.45, 7) is 0. The van der Waals surface area contributed by atoms with Crippen LogP contribution in [0.3, 0.4) is 0 Å². The van der Waals surface area contributed by atoms with Gasteiger partial charge in [0.1, 0.15) is 17.0 Å². The van der Waals surface area contributed by atoms with Crippen LogP contribution in [0.25, 0.3) is 88.0 Å². The van der Waals surface area contributed by atoms with E-state index in [-0.39, 0.29) is 0 Å². The second-order valence-corrected chi connectivity index (χ2v) is 11.2. The van der Waals surface area contributed by atoms with Crippen molar-refractivity contribution in [3.63, 3.8) is 0 Å². The molecule has 0 radical (unpaired) electrons. The van der Waals surface area contributed by atoms with E-state index in [1.54, 1.807) is 0 Å². The number of aromatic nitrogens is 3. The predicted molar refractivity (Wildman–Crippen MR) is 178 cm³/mol. The second kappa shape index (κ2) is 8.34. The quantitative estimate of drug-likeness (QED) is 0.215. The Kier molecular flexibility index (Phi) is 4.42. The topological polar surface area (TPSA) is 35.9 Å². The number of benzene rings is 6. The van der Waals surface area contributed by atoms with Gasteiger partial charge in [-0.2, -0.15) is 0 Å². The predicted octanol–water partition coefficient (Wildman–Crippen LogP) is 10.3. The van der Waals surface area contributed by atoms with Crippen molar-refractivity contribution >= 4 is 76.5 Å². The average Bonchev–Trinajstić information content (AvgIpc) is 3.71. The molecule has 4 heteroatoms. The highest BCUT2D eigenvalue weighted by Gasteiger charge is 2.21. The molecule has 0 unspecified atom stereocenters. The van der Waals surface area contributed by atoms with Crippen molar-refractivity contribution in [2.24, 2.45) is 0 Å². The van der Waals surface area contributed by atoms with E-state index in [2.05, 4.69) is 130 Å². The van der Waals surface area contributed by atoms with Gasteiger partial charge in [-0.05, 0) is 60.7 Å². The maximum Gasteiger partial charge on any atom is 0.138 e. The van der Waals surface area contributed by atoms with Crippen molar-refractivity contribution in [1.82, 2.24) is 14.1 Å². The van der Waals surface area contributed by atoms with E-state index in [9.17, 15) is 0 Å². The molecule has 4 heterocycles. The second-order valence-electron chi connectivity index (χ2n) is 11.2. The number of hydrogen-bond acceptors (Lipinski definition) is 2. The lowest BCUT2D eigenvalue weighted by atomic mass is 10.1. The highest BCUT2D eigenvalue weighted by Crippen LogP contribution is 2.42. The SMILES string of the molecule is c1ccc2nc(-n3c4ccccc4c4c5c6ccccc6n(-c6ccc7c(c6)oc6ccccc67)c5ccc43)ccc2c1. The van der Waals surface area contributed by atoms with Crippen molar-refractivity contribution in [1.29, 1.82) is 0 Å². The lowest BCUT2D eigenvalue weighted by Crippen LogP contribution is -1.97. The van der Waals surface area contributed by atoms with E-state index >= 15 is 0 Å². The summed E-state index contributed by atoms with van der Waals surface area (Å²) in [6.07, 6.45) is 0. The third-order valence-corrected chi connectivity index (χ3v) is 8.91. The largest absolute Gasteiger partial charge is 0.456 e. The number of furan rings is 1. The van der Waals surface area contributed by atoms with Crippen LogP contribution < -0.4 is 0 Å². The molecular weight excluding hydrogens is 526 g/mol. The van der Waals surface area contributed by atoms with Crippen molar-refractivity contribution in [3.05, 3.63) is 140 Å². The molecule has 0 aliphatic heterocycles. The van der Waals surface area contributed by atoms with Crippen LogP contribution in [0, 0.1) is 0 Å². The Morgan fingerprint density at radius 3 is 1.88 bits per heavy atom. The van der Waals surface area contributed by atoms with E-state index in [0.717, 1.165) is 55.4 Å². The summed E-state index contributed by atoms with van der Waals surface area (Å²) >= 11 is 0. The zero-order chi connectivity index (χ0) is 28.1. The fraction of sp³-hybridized carbons (Fsp3) is 0. The Morgan fingerprint density at radius 1 is 0.442 bits per heavy atom. The average molecular weight is 550 g/mol. The van der Waals surface area contributed by atoms with E-state index in [1.807, 2.05) is 18.2 Å². The van der Waals surface area contributed by atoms with Gasteiger partial charge in [0.25, 0.3) is 0 Å². The fourth-order valence-corrected chi connectivity index (χ4v) is 7.08. The first kappa shape index (κ1) is 22.8. The van der Waals surface area contributed by atoms with Gasteiger partial charge in [0.2, 0.25) is 0 Å². The number of para-hydroxylation sites is 4. The van der Waals surface area contributed by atoms with Crippen LogP contribution in [0.4, 0.5) is 0 Å². The van der Waals surface area contributed by atoms with Gasteiger partial charge in [0, 0.05) is 49.5 Å². The minimum Gasteiger partial charge on any atom is -0.456 e. The molecule has 0 N–H and O–H groups in total. The van der Waals surface area contributed by atoms with Crippen LogP contribution >= 0.6 is 0 Å². The van der Waals surface area contributed by atoms with Crippen molar-refractivity contribution in [2.75, 3.05) is 0 Å². The monoisotopic (exact) mass is 549 g/mol. The highest BCUT2D eigenvalue weighted by atomic mass is 16.3. The molecule has 0 aliphatic rings. The summed E-state index contributed by atoms with van der Waals surface area (Å²) in [5.41, 5.74) is 8.50. The summed E-state index contributed by atoms with van der Waals surface area (Å²) in [5, 5.41) is 8.34. The first-order chi connectivity index (χ1) is 21.3. The van der Waals surface area contributed by atoms with Crippen molar-refractivity contribution in [3.8, 4) is 11.5 Å². The molecule has 0 bridgehead atoms. The molecule has 6 aromatic carbocycles. The van der Waals surface area contributed by atoms with E-state index < -0.39 is 0 Å². The molecule has 0 atom stereocenters. The molecule has 200 valence electrons. The van der Waals surface area contributed by atoms with Gasteiger partial charge in [-0.25, -0.2) is 4.98 Å². The molecule has 0 fully saturated rings. The lowest BCUT2D eigenvalue weighted by Gasteiger charge is -2.09. The summed E-state index contributed by atoms with van der Waals surface area (Å²) in [4.78, 5) is 5.11. The maximum atomic E-state index is 6.30. The molecule has 0 saturated heterocycles. The molecule has 10 aromatic rings. The summed E-state index contributed by atoms with van der Waals surface area (Å²) in [5.74, 6) is 0.920. The van der Waals surface area contributed by atoms with Crippen LogP contribution in [0.5, 0.6) is 0 Å². The number of fused-ring (bicyclic) bond motifs is 11. The molecule has 10 rings (SSSR count). The van der Waals surface area contributed by atoms with E-state index in [0.29, 0.717) is 0 Å². The standard InChI is InChI=1S/C39H23N3O/c1-5-13-30-24(9-1)17-22-37(40-30)42-32-15-7-3-12-29(32)39-34(42)21-20-33-38(39)28-11-2-6-14-31(28)41(33)25-18-19-27-26-10-4-8-16-35(26)43-36(27)23-25/h1-23H. The van der Waals surface area contributed by atoms with Gasteiger partial charge < -0.3 is 8.98 Å². The highest BCUT2D eigenvalue weighted by molar-refractivity contribution is 6.29. The van der Waals surface area contributed by atoms with Crippen LogP contribution in [0.2, 0.25) is 0 Å². The summed E-state index contributed by atoms with van der Waals surface area (Å²) < 4.78 is 11.0. The first-order valence-electron chi connectivity index (χ1n) is 14.6.